The summed E-state index contributed by atoms with van der Waals surface area (Å²) in [5.41, 5.74) is -3.35. The Kier molecular flexibility index (Phi) is 3.08. The van der Waals surface area contributed by atoms with Crippen LogP contribution < -0.4 is 5.43 Å². The van der Waals surface area contributed by atoms with Gasteiger partial charge in [-0.3, -0.25) is 0 Å². The number of tetrazole rings is 1. The van der Waals surface area contributed by atoms with Crippen LogP contribution in [-0.4, -0.2) is 56.5 Å². The van der Waals surface area contributed by atoms with Gasteiger partial charge >= 0.3 is 18.3 Å². The molecule has 0 radical (unpaired) electrons. The number of hydrogen-bond donors (Lipinski definition) is 2. The molecular weight excluding hydrogens is 292 g/mol. The van der Waals surface area contributed by atoms with Gasteiger partial charge in [-0.2, -0.15) is 18.6 Å². The minimum absolute atomic E-state index is 0.0710. The van der Waals surface area contributed by atoms with Crippen molar-refractivity contribution in [3.63, 3.8) is 0 Å². The maximum Gasteiger partial charge on any atom is 0.362 e. The molecule has 0 saturated carbocycles. The van der Waals surface area contributed by atoms with Crippen molar-refractivity contribution in [2.45, 2.75) is 18.1 Å². The molecule has 2 heterocycles. The van der Waals surface area contributed by atoms with Crippen molar-refractivity contribution in [3.05, 3.63) is 0 Å². The number of methoxy groups -OCH3 is 1. The van der Waals surface area contributed by atoms with E-state index in [0.29, 0.717) is 0 Å². The third-order valence-corrected chi connectivity index (χ3v) is 2.49. The zero-order chi connectivity index (χ0) is 15.1. The van der Waals surface area contributed by atoms with E-state index >= 15 is 0 Å². The highest BCUT2D eigenvalue weighted by Crippen LogP contribution is 2.41. The molecule has 1 atom stereocenters. The zero-order valence-corrected chi connectivity index (χ0v) is 9.59. The van der Waals surface area contributed by atoms with Crippen LogP contribution >= 0.6 is 0 Å². The smallest absolute Gasteiger partial charge is 0.362 e. The Balaban J connectivity index is 2.67. The number of aromatic nitrogens is 4. The maximum atomic E-state index is 13.7. The van der Waals surface area contributed by atoms with E-state index in [1.807, 2.05) is 5.43 Å². The van der Waals surface area contributed by atoms with Crippen molar-refractivity contribution in [3.8, 4) is 0 Å². The molecule has 1 unspecified atom stereocenters. The van der Waals surface area contributed by atoms with Gasteiger partial charge in [0.15, 0.2) is 0 Å². The predicted octanol–water partition coefficient (Wildman–Crippen LogP) is -0.827. The number of hydrazone groups is 1. The highest BCUT2D eigenvalue weighted by atomic mass is 19.3. The second kappa shape index (κ2) is 4.36. The SMILES string of the molecule is COC(=O)C1=NNc2nnnn2C1(O)C(F)(F)C(F)F. The lowest BCUT2D eigenvalue weighted by Gasteiger charge is -2.36. The van der Waals surface area contributed by atoms with Gasteiger partial charge in [-0.1, -0.05) is 5.10 Å². The lowest BCUT2D eigenvalue weighted by molar-refractivity contribution is -0.251. The van der Waals surface area contributed by atoms with E-state index < -0.39 is 35.7 Å². The van der Waals surface area contributed by atoms with E-state index in [0.717, 1.165) is 7.11 Å². The number of esters is 1. The van der Waals surface area contributed by atoms with E-state index in [4.69, 9.17) is 0 Å². The lowest BCUT2D eigenvalue weighted by Crippen LogP contribution is -2.63. The van der Waals surface area contributed by atoms with Gasteiger partial charge < -0.3 is 9.84 Å². The highest BCUT2D eigenvalue weighted by Gasteiger charge is 2.68. The first kappa shape index (κ1) is 14.1. The number of carbonyl (C=O) groups excluding carboxylic acids is 1. The summed E-state index contributed by atoms with van der Waals surface area (Å²) in [4.78, 5) is 11.4. The van der Waals surface area contributed by atoms with Crippen molar-refractivity contribution in [1.82, 2.24) is 20.2 Å². The molecule has 13 heteroatoms. The Morgan fingerprint density at radius 1 is 1.55 bits per heavy atom. The van der Waals surface area contributed by atoms with Crippen molar-refractivity contribution < 1.29 is 32.2 Å². The Labute approximate surface area is 107 Å². The average molecular weight is 298 g/mol. The van der Waals surface area contributed by atoms with Crippen LogP contribution in [0.5, 0.6) is 0 Å². The zero-order valence-electron chi connectivity index (χ0n) is 9.59. The molecule has 20 heavy (non-hydrogen) atoms. The first-order valence-corrected chi connectivity index (χ1v) is 4.86. The Morgan fingerprint density at radius 2 is 2.20 bits per heavy atom. The summed E-state index contributed by atoms with van der Waals surface area (Å²) in [7, 11) is 0.793. The second-order valence-electron chi connectivity index (χ2n) is 3.57. The second-order valence-corrected chi connectivity index (χ2v) is 3.57. The number of rotatable bonds is 3. The van der Waals surface area contributed by atoms with Crippen molar-refractivity contribution in [1.29, 1.82) is 0 Å². The van der Waals surface area contributed by atoms with Gasteiger partial charge in [-0.25, -0.2) is 19.0 Å². The van der Waals surface area contributed by atoms with Crippen LogP contribution in [0, 0.1) is 0 Å². The molecule has 0 fully saturated rings. The van der Waals surface area contributed by atoms with Crippen molar-refractivity contribution in [2.24, 2.45) is 5.10 Å². The normalized spacial score (nSPS) is 22.1. The van der Waals surface area contributed by atoms with Crippen LogP contribution in [0.3, 0.4) is 0 Å². The summed E-state index contributed by atoms with van der Waals surface area (Å²) in [5, 5.41) is 22.1. The largest absolute Gasteiger partial charge is 0.464 e. The summed E-state index contributed by atoms with van der Waals surface area (Å²) in [6, 6.07) is 0. The molecule has 0 aliphatic carbocycles. The molecule has 1 aromatic rings. The highest BCUT2D eigenvalue weighted by molar-refractivity contribution is 6.39. The van der Waals surface area contributed by atoms with Crippen LogP contribution in [0.25, 0.3) is 0 Å². The maximum absolute atomic E-state index is 13.7. The lowest BCUT2D eigenvalue weighted by atomic mass is 9.99. The first-order valence-electron chi connectivity index (χ1n) is 4.86. The molecule has 0 aromatic carbocycles. The number of aliphatic hydroxyl groups is 1. The van der Waals surface area contributed by atoms with Crippen LogP contribution in [0.15, 0.2) is 5.10 Å². The minimum atomic E-state index is -5.10. The molecule has 0 saturated heterocycles. The summed E-state index contributed by atoms with van der Waals surface area (Å²) < 4.78 is 56.6. The number of nitrogens with zero attached hydrogens (tertiary/aromatic N) is 5. The molecular formula is C7H6F4N6O3. The van der Waals surface area contributed by atoms with Crippen LogP contribution in [0.4, 0.5) is 23.5 Å². The number of hydrogen-bond acceptors (Lipinski definition) is 8. The van der Waals surface area contributed by atoms with E-state index in [2.05, 4.69) is 25.4 Å². The fourth-order valence-electron chi connectivity index (χ4n) is 1.49. The van der Waals surface area contributed by atoms with Gasteiger partial charge in [-0.15, -0.1) is 0 Å². The molecule has 2 rings (SSSR count). The van der Waals surface area contributed by atoms with Gasteiger partial charge in [0, 0.05) is 0 Å². The molecule has 1 aliphatic rings. The summed E-state index contributed by atoms with van der Waals surface area (Å²) in [6.45, 7) is 0. The fraction of sp³-hybridized carbons (Fsp3) is 0.571. The standard InChI is InChI=1S/C7H6F4N6O3/c1-20-3(18)2-7(19,6(10,11)4(8)9)17-5(13-12-2)14-15-16-17/h4,19H,1H3,(H,13,14,16). The number of ether oxygens (including phenoxy) is 1. The first-order chi connectivity index (χ1) is 9.26. The molecule has 0 amide bonds. The van der Waals surface area contributed by atoms with Crippen molar-refractivity contribution >= 4 is 17.6 Å². The molecule has 9 nitrogen and oxygen atoms in total. The monoisotopic (exact) mass is 298 g/mol. The number of fused-ring (bicyclic) bond motifs is 1. The van der Waals surface area contributed by atoms with Gasteiger partial charge in [0.1, 0.15) is 0 Å². The van der Waals surface area contributed by atoms with E-state index in [1.54, 1.807) is 0 Å². The quantitative estimate of drug-likeness (QED) is 0.553. The van der Waals surface area contributed by atoms with Crippen LogP contribution in [0.2, 0.25) is 0 Å². The Morgan fingerprint density at radius 3 is 2.75 bits per heavy atom. The van der Waals surface area contributed by atoms with Gasteiger partial charge in [0.2, 0.25) is 5.71 Å². The number of carbonyl (C=O) groups is 1. The third-order valence-electron chi connectivity index (χ3n) is 2.49. The topological polar surface area (TPSA) is 115 Å². The van der Waals surface area contributed by atoms with Crippen LogP contribution in [0.1, 0.15) is 0 Å². The van der Waals surface area contributed by atoms with Gasteiger partial charge in [0.25, 0.3) is 11.7 Å². The molecule has 1 aromatic heterocycles. The fourth-order valence-corrected chi connectivity index (χ4v) is 1.49. The van der Waals surface area contributed by atoms with E-state index in [9.17, 15) is 27.5 Å². The number of nitrogens with one attached hydrogen (secondary N) is 1. The van der Waals surface area contributed by atoms with Crippen LogP contribution in [-0.2, 0) is 15.3 Å². The van der Waals surface area contributed by atoms with E-state index in [-0.39, 0.29) is 4.68 Å². The van der Waals surface area contributed by atoms with Crippen molar-refractivity contribution in [2.75, 3.05) is 12.5 Å². The Bertz CT molecular complexity index is 575. The summed E-state index contributed by atoms with van der Waals surface area (Å²) >= 11 is 0. The predicted molar refractivity (Wildman–Crippen MR) is 52.0 cm³/mol. The summed E-state index contributed by atoms with van der Waals surface area (Å²) in [6.07, 6.45) is -4.32. The minimum Gasteiger partial charge on any atom is -0.464 e. The average Bonchev–Trinajstić information content (AvgIpc) is 2.87. The third kappa shape index (κ3) is 1.62. The number of anilines is 1. The molecule has 110 valence electrons. The molecule has 0 spiro atoms. The summed E-state index contributed by atoms with van der Waals surface area (Å²) in [5.74, 6) is -7.31. The number of halogens is 4. The van der Waals surface area contributed by atoms with Gasteiger partial charge in [-0.05, 0) is 10.4 Å². The molecule has 0 bridgehead atoms. The Hall–Kier alpha value is -2.31. The van der Waals surface area contributed by atoms with Gasteiger partial charge in [0.05, 0.1) is 7.11 Å². The molecule has 1 aliphatic heterocycles. The number of alkyl halides is 4. The van der Waals surface area contributed by atoms with E-state index in [1.165, 1.54) is 0 Å². The molecule has 2 N–H and O–H groups in total.